The smallest absolute Gasteiger partial charge is 0.238 e. The second kappa shape index (κ2) is 4.95. The summed E-state index contributed by atoms with van der Waals surface area (Å²) in [4.78, 5) is 27.2. The zero-order valence-corrected chi connectivity index (χ0v) is 15.2. The van der Waals surface area contributed by atoms with Crippen LogP contribution in [0.5, 0.6) is 5.75 Å². The Hall–Kier alpha value is -0.590. The molecule has 2 amide bonds. The largest absolute Gasteiger partial charge is 0.506 e. The van der Waals surface area contributed by atoms with Crippen molar-refractivity contribution in [1.29, 1.82) is 0 Å². The summed E-state index contributed by atoms with van der Waals surface area (Å²) in [5, 5.41) is 10.4. The quantitative estimate of drug-likeness (QED) is 0.529. The van der Waals surface area contributed by atoms with Crippen LogP contribution >= 0.6 is 43.5 Å². The van der Waals surface area contributed by atoms with Crippen LogP contribution in [0.1, 0.15) is 6.42 Å². The van der Waals surface area contributed by atoms with Gasteiger partial charge in [0.15, 0.2) is 0 Å². The van der Waals surface area contributed by atoms with E-state index in [2.05, 4.69) is 31.9 Å². The number of hydrogen-bond donors (Lipinski definition) is 1. The predicted molar refractivity (Wildman–Crippen MR) is 89.6 cm³/mol. The Balaban J connectivity index is 1.77. The average Bonchev–Trinajstić information content (AvgIpc) is 3.07. The molecular weight excluding hydrogens is 437 g/mol. The molecule has 1 aromatic rings. The molecule has 2 saturated carbocycles. The van der Waals surface area contributed by atoms with E-state index >= 15 is 0 Å². The summed E-state index contributed by atoms with van der Waals surface area (Å²) in [6, 6.07) is 4.40. The van der Waals surface area contributed by atoms with Crippen molar-refractivity contribution in [2.75, 3.05) is 4.90 Å². The molecule has 1 aromatic carbocycles. The molecule has 3 fully saturated rings. The van der Waals surface area contributed by atoms with Gasteiger partial charge in [0.05, 0.1) is 17.5 Å². The molecule has 4 rings (SSSR count). The van der Waals surface area contributed by atoms with Crippen LogP contribution in [-0.2, 0) is 9.59 Å². The van der Waals surface area contributed by atoms with Crippen molar-refractivity contribution < 1.29 is 14.7 Å². The fourth-order valence-corrected chi connectivity index (χ4v) is 6.30. The lowest BCUT2D eigenvalue weighted by atomic mass is 9.81. The number of phenolic OH excluding ortho intramolecular Hbond substituents is 1. The molecule has 3 aliphatic rings. The van der Waals surface area contributed by atoms with Gasteiger partial charge in [-0.1, -0.05) is 43.5 Å². The van der Waals surface area contributed by atoms with Gasteiger partial charge in [-0.15, -0.1) is 0 Å². The number of carbonyl (C=O) groups excluding carboxylic acids is 2. The average molecular weight is 450 g/mol. The lowest BCUT2D eigenvalue weighted by molar-refractivity contribution is -0.123. The van der Waals surface area contributed by atoms with E-state index in [9.17, 15) is 14.7 Å². The highest BCUT2D eigenvalue weighted by molar-refractivity contribution is 9.12. The third kappa shape index (κ3) is 1.80. The third-order valence-electron chi connectivity index (χ3n) is 5.17. The van der Waals surface area contributed by atoms with Gasteiger partial charge in [0.25, 0.3) is 0 Å². The molecule has 1 N–H and O–H groups in total. The molecule has 1 saturated heterocycles. The van der Waals surface area contributed by atoms with E-state index in [1.54, 1.807) is 0 Å². The van der Waals surface area contributed by atoms with E-state index in [1.807, 2.05) is 0 Å². The Morgan fingerprint density at radius 3 is 2.18 bits per heavy atom. The first kappa shape index (κ1) is 15.0. The molecule has 116 valence electrons. The maximum Gasteiger partial charge on any atom is 0.238 e. The fourth-order valence-electron chi connectivity index (χ4n) is 4.26. The summed E-state index contributed by atoms with van der Waals surface area (Å²) in [7, 11) is 0. The molecule has 2 bridgehead atoms. The standard InChI is InChI=1S/C15H12Br2ClNO3/c16-12-6-4-7(13(12)17)11-10(6)14(21)19(15(11)22)8-3-5(18)1-2-9(8)20/h1-3,6-7,10-13,20H,4H2/t6-,7-,10-,11-,12-,13+/m1/s1. The predicted octanol–water partition coefficient (Wildman–Crippen LogP) is 3.33. The molecule has 7 heteroatoms. The molecule has 22 heavy (non-hydrogen) atoms. The Labute approximate surface area is 149 Å². The normalized spacial score (nSPS) is 39.7. The van der Waals surface area contributed by atoms with Gasteiger partial charge in [0.2, 0.25) is 11.8 Å². The van der Waals surface area contributed by atoms with E-state index in [0.717, 1.165) is 11.3 Å². The molecule has 0 radical (unpaired) electrons. The van der Waals surface area contributed by atoms with Crippen molar-refractivity contribution >= 4 is 61.0 Å². The van der Waals surface area contributed by atoms with Crippen molar-refractivity contribution in [2.24, 2.45) is 23.7 Å². The van der Waals surface area contributed by atoms with E-state index in [0.29, 0.717) is 5.02 Å². The minimum atomic E-state index is -0.297. The van der Waals surface area contributed by atoms with E-state index in [1.165, 1.54) is 18.2 Å². The molecule has 2 aliphatic carbocycles. The van der Waals surface area contributed by atoms with E-state index in [4.69, 9.17) is 11.6 Å². The van der Waals surface area contributed by atoms with Gasteiger partial charge in [0.1, 0.15) is 5.75 Å². The Morgan fingerprint density at radius 1 is 1.09 bits per heavy atom. The van der Waals surface area contributed by atoms with Gasteiger partial charge in [-0.25, -0.2) is 4.90 Å². The maximum absolute atomic E-state index is 12.8. The summed E-state index contributed by atoms with van der Waals surface area (Å²) in [6.45, 7) is 0. The highest BCUT2D eigenvalue weighted by Crippen LogP contribution is 2.60. The lowest BCUT2D eigenvalue weighted by Crippen LogP contribution is -2.37. The van der Waals surface area contributed by atoms with E-state index in [-0.39, 0.29) is 56.6 Å². The summed E-state index contributed by atoms with van der Waals surface area (Å²) in [5.74, 6) is -0.829. The number of amides is 2. The zero-order chi connectivity index (χ0) is 15.8. The Bertz CT molecular complexity index is 665. The second-order valence-corrected chi connectivity index (χ2v) is 8.70. The number of hydrogen-bond acceptors (Lipinski definition) is 3. The molecule has 0 aromatic heterocycles. The number of benzene rings is 1. The molecular formula is C15H12Br2ClNO3. The molecule has 6 atom stereocenters. The number of halogens is 3. The number of anilines is 1. The van der Waals surface area contributed by atoms with Crippen molar-refractivity contribution in [2.45, 2.75) is 16.1 Å². The van der Waals surface area contributed by atoms with Crippen molar-refractivity contribution in [1.82, 2.24) is 0 Å². The highest BCUT2D eigenvalue weighted by Gasteiger charge is 2.66. The third-order valence-corrected chi connectivity index (χ3v) is 8.61. The summed E-state index contributed by atoms with van der Waals surface area (Å²) in [5.41, 5.74) is 0.188. The minimum Gasteiger partial charge on any atom is -0.506 e. The number of carbonyl (C=O) groups is 2. The molecule has 4 nitrogen and oxygen atoms in total. The number of imide groups is 1. The van der Waals surface area contributed by atoms with Gasteiger partial charge in [-0.05, 0) is 36.5 Å². The van der Waals surface area contributed by atoms with Crippen molar-refractivity contribution in [3.63, 3.8) is 0 Å². The molecule has 1 heterocycles. The van der Waals surface area contributed by atoms with Crippen LogP contribution in [0, 0.1) is 23.7 Å². The zero-order valence-electron chi connectivity index (χ0n) is 11.2. The first-order valence-electron chi connectivity index (χ1n) is 7.06. The van der Waals surface area contributed by atoms with Crippen LogP contribution in [0.25, 0.3) is 0 Å². The first-order chi connectivity index (χ1) is 10.4. The minimum absolute atomic E-state index is 0.107. The van der Waals surface area contributed by atoms with Gasteiger partial charge >= 0.3 is 0 Å². The summed E-state index contributed by atoms with van der Waals surface area (Å²) in [6.07, 6.45) is 0.883. The van der Waals surface area contributed by atoms with Crippen LogP contribution in [0.2, 0.25) is 5.02 Å². The van der Waals surface area contributed by atoms with Gasteiger partial charge in [-0.3, -0.25) is 9.59 Å². The molecule has 0 unspecified atom stereocenters. The first-order valence-corrected chi connectivity index (χ1v) is 9.27. The summed E-state index contributed by atoms with van der Waals surface area (Å²) < 4.78 is 0. The fraction of sp³-hybridized carbons (Fsp3) is 0.467. The van der Waals surface area contributed by atoms with Gasteiger partial charge < -0.3 is 5.11 Å². The number of alkyl halides is 2. The van der Waals surface area contributed by atoms with Crippen molar-refractivity contribution in [3.05, 3.63) is 23.2 Å². The van der Waals surface area contributed by atoms with Crippen LogP contribution in [0.15, 0.2) is 18.2 Å². The summed E-state index contributed by atoms with van der Waals surface area (Å²) >= 11 is 13.2. The van der Waals surface area contributed by atoms with Gasteiger partial charge in [-0.2, -0.15) is 0 Å². The number of aromatic hydroxyl groups is 1. The van der Waals surface area contributed by atoms with Crippen LogP contribution in [-0.4, -0.2) is 26.6 Å². The molecule has 0 spiro atoms. The number of phenols is 1. The SMILES string of the molecule is O=C1[C@@H]2[C@H]3C[C@@H]([C@@H](Br)[C@H]3Br)[C@H]2C(=O)N1c1cc(Cl)ccc1O. The Kier molecular flexibility index (Phi) is 3.37. The highest BCUT2D eigenvalue weighted by atomic mass is 79.9. The Morgan fingerprint density at radius 2 is 1.64 bits per heavy atom. The lowest BCUT2D eigenvalue weighted by Gasteiger charge is -2.28. The number of fused-ring (bicyclic) bond motifs is 5. The maximum atomic E-state index is 12.8. The van der Waals surface area contributed by atoms with Crippen LogP contribution in [0.3, 0.4) is 0 Å². The van der Waals surface area contributed by atoms with E-state index < -0.39 is 0 Å². The number of nitrogens with zero attached hydrogens (tertiary/aromatic N) is 1. The topological polar surface area (TPSA) is 57.6 Å². The second-order valence-electron chi connectivity index (χ2n) is 6.15. The number of rotatable bonds is 1. The van der Waals surface area contributed by atoms with Crippen LogP contribution in [0.4, 0.5) is 5.69 Å². The van der Waals surface area contributed by atoms with Crippen LogP contribution < -0.4 is 4.90 Å². The van der Waals surface area contributed by atoms with Gasteiger partial charge in [0, 0.05) is 14.7 Å². The monoisotopic (exact) mass is 447 g/mol. The van der Waals surface area contributed by atoms with Crippen molar-refractivity contribution in [3.8, 4) is 5.75 Å². The molecule has 1 aliphatic heterocycles.